The van der Waals surface area contributed by atoms with Crippen molar-refractivity contribution in [3.05, 3.63) is 29.3 Å². The van der Waals surface area contributed by atoms with Crippen molar-refractivity contribution >= 4 is 17.6 Å². The van der Waals surface area contributed by atoms with Crippen LogP contribution in [-0.4, -0.2) is 36.0 Å². The van der Waals surface area contributed by atoms with Crippen molar-refractivity contribution in [2.75, 3.05) is 18.4 Å². The number of nitrogens with zero attached hydrogens (tertiary/aromatic N) is 1. The van der Waals surface area contributed by atoms with E-state index in [-0.39, 0.29) is 17.6 Å². The van der Waals surface area contributed by atoms with E-state index in [1.807, 2.05) is 0 Å². The molecule has 1 atom stereocenters. The van der Waals surface area contributed by atoms with Gasteiger partial charge in [-0.3, -0.25) is 4.79 Å². The Bertz CT molecular complexity index is 647. The minimum Gasteiger partial charge on any atom is -0.352 e. The van der Waals surface area contributed by atoms with Crippen LogP contribution in [0.1, 0.15) is 37.3 Å². The van der Waals surface area contributed by atoms with Crippen molar-refractivity contribution in [3.63, 3.8) is 0 Å². The number of benzene rings is 1. The number of amides is 3. The molecule has 0 spiro atoms. The average molecular weight is 357 g/mol. The lowest BCUT2D eigenvalue weighted by molar-refractivity contribution is -0.137. The standard InChI is InChI=1S/C17H22F3N3O2/c1-3-15(24)21-13-5-4-6-23(10-13)16(25)22-14-8-11(2)7-12(9-14)17(18,19)20/h7-9,13H,3-6,10H2,1-2H3,(H,21,24)(H,22,25). The molecule has 25 heavy (non-hydrogen) atoms. The predicted molar refractivity (Wildman–Crippen MR) is 88.2 cm³/mol. The van der Waals surface area contributed by atoms with Crippen LogP contribution in [0.4, 0.5) is 23.7 Å². The van der Waals surface area contributed by atoms with Gasteiger partial charge in [-0.15, -0.1) is 0 Å². The molecule has 0 radical (unpaired) electrons. The second-order valence-corrected chi connectivity index (χ2v) is 6.22. The largest absolute Gasteiger partial charge is 0.416 e. The molecule has 3 amide bonds. The number of carbonyl (C=O) groups is 2. The highest BCUT2D eigenvalue weighted by atomic mass is 19.4. The van der Waals surface area contributed by atoms with Gasteiger partial charge < -0.3 is 15.5 Å². The Morgan fingerprint density at radius 3 is 2.64 bits per heavy atom. The maximum absolute atomic E-state index is 12.9. The number of anilines is 1. The molecule has 0 saturated carbocycles. The van der Waals surface area contributed by atoms with E-state index in [1.165, 1.54) is 11.0 Å². The van der Waals surface area contributed by atoms with Crippen LogP contribution in [0.15, 0.2) is 18.2 Å². The molecule has 138 valence electrons. The number of hydrogen-bond acceptors (Lipinski definition) is 2. The first-order valence-corrected chi connectivity index (χ1v) is 8.23. The molecule has 1 aliphatic rings. The highest BCUT2D eigenvalue weighted by Gasteiger charge is 2.31. The number of piperidine rings is 1. The van der Waals surface area contributed by atoms with Crippen LogP contribution < -0.4 is 10.6 Å². The van der Waals surface area contributed by atoms with Crippen molar-refractivity contribution in [1.29, 1.82) is 0 Å². The summed E-state index contributed by atoms with van der Waals surface area (Å²) in [4.78, 5) is 25.4. The van der Waals surface area contributed by atoms with Gasteiger partial charge in [0.25, 0.3) is 0 Å². The monoisotopic (exact) mass is 357 g/mol. The molecule has 0 bridgehead atoms. The summed E-state index contributed by atoms with van der Waals surface area (Å²) in [5.74, 6) is -0.0826. The molecule has 1 aliphatic heterocycles. The summed E-state index contributed by atoms with van der Waals surface area (Å²) in [6.45, 7) is 4.14. The van der Waals surface area contributed by atoms with Crippen LogP contribution in [0.25, 0.3) is 0 Å². The maximum atomic E-state index is 12.9. The Balaban J connectivity index is 2.04. The topological polar surface area (TPSA) is 61.4 Å². The average Bonchev–Trinajstić information content (AvgIpc) is 2.53. The van der Waals surface area contributed by atoms with Crippen LogP contribution in [0.5, 0.6) is 0 Å². The Kier molecular flexibility index (Phi) is 5.92. The van der Waals surface area contributed by atoms with E-state index in [2.05, 4.69) is 10.6 Å². The summed E-state index contributed by atoms with van der Waals surface area (Å²) < 4.78 is 38.6. The second-order valence-electron chi connectivity index (χ2n) is 6.22. The molecule has 8 heteroatoms. The summed E-state index contributed by atoms with van der Waals surface area (Å²) >= 11 is 0. The summed E-state index contributed by atoms with van der Waals surface area (Å²) in [6.07, 6.45) is -2.60. The number of likely N-dealkylation sites (tertiary alicyclic amines) is 1. The first kappa shape index (κ1) is 19.1. The Labute approximate surface area is 144 Å². The number of alkyl halides is 3. The van der Waals surface area contributed by atoms with Gasteiger partial charge in [0.15, 0.2) is 0 Å². The SMILES string of the molecule is CCC(=O)NC1CCCN(C(=O)Nc2cc(C)cc(C(F)(F)F)c2)C1. The first-order valence-electron chi connectivity index (χ1n) is 8.23. The second kappa shape index (κ2) is 7.76. The third-order valence-corrected chi connectivity index (χ3v) is 4.05. The quantitative estimate of drug-likeness (QED) is 0.869. The molecule has 1 aromatic rings. The zero-order valence-corrected chi connectivity index (χ0v) is 14.2. The van der Waals surface area contributed by atoms with Gasteiger partial charge in [0.05, 0.1) is 5.56 Å². The van der Waals surface area contributed by atoms with E-state index in [9.17, 15) is 22.8 Å². The maximum Gasteiger partial charge on any atom is 0.416 e. The first-order chi connectivity index (χ1) is 11.7. The van der Waals surface area contributed by atoms with Crippen LogP contribution in [-0.2, 0) is 11.0 Å². The van der Waals surface area contributed by atoms with Crippen LogP contribution in [0.2, 0.25) is 0 Å². The number of aryl methyl sites for hydroxylation is 1. The van der Waals surface area contributed by atoms with E-state index >= 15 is 0 Å². The van der Waals surface area contributed by atoms with Crippen LogP contribution >= 0.6 is 0 Å². The van der Waals surface area contributed by atoms with E-state index in [0.717, 1.165) is 25.0 Å². The number of nitrogens with one attached hydrogen (secondary N) is 2. The fourth-order valence-electron chi connectivity index (χ4n) is 2.83. The molecule has 1 aromatic carbocycles. The van der Waals surface area contributed by atoms with Gasteiger partial charge in [0.1, 0.15) is 0 Å². The lowest BCUT2D eigenvalue weighted by Gasteiger charge is -2.33. The highest BCUT2D eigenvalue weighted by Crippen LogP contribution is 2.32. The lowest BCUT2D eigenvalue weighted by atomic mass is 10.1. The fraction of sp³-hybridized carbons (Fsp3) is 0.529. The Morgan fingerprint density at radius 1 is 1.28 bits per heavy atom. The summed E-state index contributed by atoms with van der Waals surface area (Å²) in [5.41, 5.74) is -0.275. The fourth-order valence-corrected chi connectivity index (χ4v) is 2.83. The molecule has 1 saturated heterocycles. The molecule has 0 aliphatic carbocycles. The molecule has 1 fully saturated rings. The zero-order chi connectivity index (χ0) is 18.6. The molecule has 2 N–H and O–H groups in total. The van der Waals surface area contributed by atoms with Crippen molar-refractivity contribution < 1.29 is 22.8 Å². The summed E-state index contributed by atoms with van der Waals surface area (Å²) in [5, 5.41) is 5.37. The molecule has 2 rings (SSSR count). The number of rotatable bonds is 3. The van der Waals surface area contributed by atoms with Gasteiger partial charge in [-0.05, 0) is 43.5 Å². The molecule has 1 heterocycles. The Hall–Kier alpha value is -2.25. The summed E-state index contributed by atoms with van der Waals surface area (Å²) in [6, 6.07) is 2.86. The third kappa shape index (κ3) is 5.37. The van der Waals surface area contributed by atoms with Crippen molar-refractivity contribution in [3.8, 4) is 0 Å². The smallest absolute Gasteiger partial charge is 0.352 e. The minimum atomic E-state index is -4.47. The molecular formula is C17H22F3N3O2. The van der Waals surface area contributed by atoms with Crippen molar-refractivity contribution in [1.82, 2.24) is 10.2 Å². The molecule has 5 nitrogen and oxygen atoms in total. The van der Waals surface area contributed by atoms with Crippen LogP contribution in [0, 0.1) is 6.92 Å². The van der Waals surface area contributed by atoms with Gasteiger partial charge in [0, 0.05) is 31.2 Å². The van der Waals surface area contributed by atoms with Gasteiger partial charge >= 0.3 is 12.2 Å². The van der Waals surface area contributed by atoms with E-state index in [1.54, 1.807) is 13.8 Å². The van der Waals surface area contributed by atoms with E-state index < -0.39 is 17.8 Å². The molecule has 1 unspecified atom stereocenters. The van der Waals surface area contributed by atoms with E-state index in [0.29, 0.717) is 25.1 Å². The third-order valence-electron chi connectivity index (χ3n) is 4.05. The number of carbonyl (C=O) groups excluding carboxylic acids is 2. The van der Waals surface area contributed by atoms with Crippen LogP contribution in [0.3, 0.4) is 0 Å². The minimum absolute atomic E-state index is 0.0826. The van der Waals surface area contributed by atoms with Gasteiger partial charge in [-0.2, -0.15) is 13.2 Å². The number of hydrogen-bond donors (Lipinski definition) is 2. The molecule has 0 aromatic heterocycles. The lowest BCUT2D eigenvalue weighted by Crippen LogP contribution is -2.50. The predicted octanol–water partition coefficient (Wildman–Crippen LogP) is 3.54. The van der Waals surface area contributed by atoms with Crippen molar-refractivity contribution in [2.24, 2.45) is 0 Å². The Morgan fingerprint density at radius 2 is 2.00 bits per heavy atom. The van der Waals surface area contributed by atoms with Gasteiger partial charge in [-0.1, -0.05) is 6.92 Å². The normalized spacial score (nSPS) is 18.0. The molecular weight excluding hydrogens is 335 g/mol. The van der Waals surface area contributed by atoms with Crippen molar-refractivity contribution in [2.45, 2.75) is 45.3 Å². The summed E-state index contributed by atoms with van der Waals surface area (Å²) in [7, 11) is 0. The van der Waals surface area contributed by atoms with Gasteiger partial charge in [0.2, 0.25) is 5.91 Å². The zero-order valence-electron chi connectivity index (χ0n) is 14.2. The number of urea groups is 1. The number of halogens is 3. The van der Waals surface area contributed by atoms with Gasteiger partial charge in [-0.25, -0.2) is 4.79 Å². The van der Waals surface area contributed by atoms with E-state index in [4.69, 9.17) is 0 Å². The highest BCUT2D eigenvalue weighted by molar-refractivity contribution is 5.89.